The molecule has 0 aliphatic carbocycles. The van der Waals surface area contributed by atoms with E-state index in [4.69, 9.17) is 4.74 Å². The first-order chi connectivity index (χ1) is 4.69. The highest BCUT2D eigenvalue weighted by atomic mass is 79.9. The molecule has 2 nitrogen and oxygen atoms in total. The Bertz CT molecular complexity index is 120. The van der Waals surface area contributed by atoms with Crippen molar-refractivity contribution in [1.29, 1.82) is 0 Å². The lowest BCUT2D eigenvalue weighted by molar-refractivity contribution is -0.00986. The van der Waals surface area contributed by atoms with Crippen molar-refractivity contribution in [3.63, 3.8) is 0 Å². The molecule has 0 aromatic carbocycles. The summed E-state index contributed by atoms with van der Waals surface area (Å²) in [6, 6.07) is 0. The van der Waals surface area contributed by atoms with Crippen molar-refractivity contribution in [2.45, 2.75) is 25.8 Å². The smallest absolute Gasteiger partial charge is 0.0657 e. The van der Waals surface area contributed by atoms with Gasteiger partial charge < -0.3 is 4.74 Å². The normalized spacial score (nSPS) is 36.3. The maximum Gasteiger partial charge on any atom is 0.0657 e. The molecule has 1 atom stereocenters. The summed E-state index contributed by atoms with van der Waals surface area (Å²) < 4.78 is 7.57. The minimum absolute atomic E-state index is 0.207. The zero-order valence-corrected chi connectivity index (χ0v) is 8.15. The van der Waals surface area contributed by atoms with Crippen LogP contribution in [0.4, 0.5) is 0 Å². The van der Waals surface area contributed by atoms with E-state index >= 15 is 0 Å². The second kappa shape index (κ2) is 3.20. The van der Waals surface area contributed by atoms with Crippen molar-refractivity contribution in [1.82, 2.24) is 3.93 Å². The van der Waals surface area contributed by atoms with Gasteiger partial charge in [-0.1, -0.05) is 6.92 Å². The first kappa shape index (κ1) is 8.50. The van der Waals surface area contributed by atoms with Crippen LogP contribution in [0.25, 0.3) is 0 Å². The summed E-state index contributed by atoms with van der Waals surface area (Å²) in [4.78, 5) is 0. The van der Waals surface area contributed by atoms with Crippen LogP contribution in [0, 0.1) is 0 Å². The fourth-order valence-electron chi connectivity index (χ4n) is 1.05. The highest BCUT2D eigenvalue weighted by Gasteiger charge is 2.31. The van der Waals surface area contributed by atoms with Gasteiger partial charge in [0.05, 0.1) is 18.8 Å². The SMILES string of the molecule is CCC1(C)COCCN1Br. The number of nitrogens with zero attached hydrogens (tertiary/aromatic N) is 1. The third-order valence-corrected chi connectivity index (χ3v) is 3.40. The quantitative estimate of drug-likeness (QED) is 0.609. The van der Waals surface area contributed by atoms with Crippen LogP contribution in [-0.2, 0) is 4.74 Å². The van der Waals surface area contributed by atoms with E-state index in [1.165, 1.54) is 0 Å². The lowest BCUT2D eigenvalue weighted by atomic mass is 9.99. The van der Waals surface area contributed by atoms with E-state index in [2.05, 4.69) is 33.9 Å². The number of rotatable bonds is 1. The number of hydrogen-bond donors (Lipinski definition) is 0. The van der Waals surface area contributed by atoms with E-state index in [-0.39, 0.29) is 5.54 Å². The van der Waals surface area contributed by atoms with Crippen molar-refractivity contribution < 1.29 is 4.74 Å². The fourth-order valence-corrected chi connectivity index (χ4v) is 1.55. The summed E-state index contributed by atoms with van der Waals surface area (Å²) in [6.45, 7) is 7.07. The van der Waals surface area contributed by atoms with Gasteiger partial charge in [-0.15, -0.1) is 0 Å². The Hall–Kier alpha value is 0.400. The Morgan fingerprint density at radius 3 is 2.80 bits per heavy atom. The molecule has 60 valence electrons. The van der Waals surface area contributed by atoms with Crippen LogP contribution < -0.4 is 0 Å². The topological polar surface area (TPSA) is 12.5 Å². The molecule has 0 amide bonds. The molecule has 1 saturated heterocycles. The minimum atomic E-state index is 0.207. The molecule has 1 aliphatic heterocycles. The lowest BCUT2D eigenvalue weighted by Gasteiger charge is -2.39. The van der Waals surface area contributed by atoms with Gasteiger partial charge in [-0.05, 0) is 13.3 Å². The van der Waals surface area contributed by atoms with E-state index in [1.54, 1.807) is 0 Å². The highest BCUT2D eigenvalue weighted by Crippen LogP contribution is 2.25. The molecule has 0 radical (unpaired) electrons. The molecule has 0 aromatic rings. The van der Waals surface area contributed by atoms with Crippen LogP contribution in [0.15, 0.2) is 0 Å². The number of halogens is 1. The molecule has 10 heavy (non-hydrogen) atoms. The molecule has 1 fully saturated rings. The van der Waals surface area contributed by atoms with Crippen molar-refractivity contribution in [2.75, 3.05) is 19.8 Å². The van der Waals surface area contributed by atoms with E-state index in [9.17, 15) is 0 Å². The van der Waals surface area contributed by atoms with Crippen molar-refractivity contribution in [3.8, 4) is 0 Å². The molecule has 3 heteroatoms. The molecule has 0 aromatic heterocycles. The summed E-state index contributed by atoms with van der Waals surface area (Å²) in [5, 5.41) is 0. The molecule has 1 aliphatic rings. The predicted octanol–water partition coefficient (Wildman–Crippen LogP) is 1.80. The summed E-state index contributed by atoms with van der Waals surface area (Å²) in [6.07, 6.45) is 1.12. The van der Waals surface area contributed by atoms with Gasteiger partial charge in [0.15, 0.2) is 0 Å². The molecule has 0 bridgehead atoms. The van der Waals surface area contributed by atoms with Gasteiger partial charge in [-0.3, -0.25) is 0 Å². The molecule has 1 heterocycles. The van der Waals surface area contributed by atoms with Crippen LogP contribution in [0.1, 0.15) is 20.3 Å². The van der Waals surface area contributed by atoms with Crippen LogP contribution in [-0.4, -0.2) is 29.2 Å². The third kappa shape index (κ3) is 1.52. The summed E-state index contributed by atoms with van der Waals surface area (Å²) in [5.74, 6) is 0. The first-order valence-corrected chi connectivity index (χ1v) is 4.41. The molecule has 1 rings (SSSR count). The Balaban J connectivity index is 2.54. The zero-order valence-electron chi connectivity index (χ0n) is 6.56. The van der Waals surface area contributed by atoms with Gasteiger partial charge in [-0.2, -0.15) is 0 Å². The van der Waals surface area contributed by atoms with Crippen LogP contribution >= 0.6 is 16.1 Å². The number of hydrogen-bond acceptors (Lipinski definition) is 2. The van der Waals surface area contributed by atoms with Crippen LogP contribution in [0.5, 0.6) is 0 Å². The molecule has 0 N–H and O–H groups in total. The van der Waals surface area contributed by atoms with Gasteiger partial charge >= 0.3 is 0 Å². The van der Waals surface area contributed by atoms with Gasteiger partial charge in [0.2, 0.25) is 0 Å². The largest absolute Gasteiger partial charge is 0.378 e. The van der Waals surface area contributed by atoms with Crippen LogP contribution in [0.2, 0.25) is 0 Å². The van der Waals surface area contributed by atoms with E-state index < -0.39 is 0 Å². The van der Waals surface area contributed by atoms with Gasteiger partial charge in [0, 0.05) is 22.7 Å². The Kier molecular flexibility index (Phi) is 2.72. The highest BCUT2D eigenvalue weighted by molar-refractivity contribution is 9.07. The molecular formula is C7H14BrNO. The van der Waals surface area contributed by atoms with E-state index in [0.717, 1.165) is 26.2 Å². The van der Waals surface area contributed by atoms with Gasteiger partial charge in [0.25, 0.3) is 0 Å². The van der Waals surface area contributed by atoms with Gasteiger partial charge in [-0.25, -0.2) is 3.93 Å². The maximum absolute atomic E-state index is 5.37. The number of morpholine rings is 1. The Labute approximate surface area is 70.9 Å². The van der Waals surface area contributed by atoms with Gasteiger partial charge in [0.1, 0.15) is 0 Å². The van der Waals surface area contributed by atoms with E-state index in [0.29, 0.717) is 0 Å². The average Bonchev–Trinajstić information content (AvgIpc) is 1.96. The second-order valence-corrected chi connectivity index (χ2v) is 3.85. The summed E-state index contributed by atoms with van der Waals surface area (Å²) in [7, 11) is 0. The predicted molar refractivity (Wildman–Crippen MR) is 45.1 cm³/mol. The van der Waals surface area contributed by atoms with Crippen molar-refractivity contribution >= 4 is 16.1 Å². The molecule has 1 unspecified atom stereocenters. The minimum Gasteiger partial charge on any atom is -0.378 e. The summed E-state index contributed by atoms with van der Waals surface area (Å²) in [5.41, 5.74) is 0.207. The maximum atomic E-state index is 5.37. The Morgan fingerprint density at radius 2 is 2.40 bits per heavy atom. The van der Waals surface area contributed by atoms with Crippen molar-refractivity contribution in [3.05, 3.63) is 0 Å². The van der Waals surface area contributed by atoms with Crippen molar-refractivity contribution in [2.24, 2.45) is 0 Å². The molecule has 0 saturated carbocycles. The molecule has 0 spiro atoms. The zero-order chi connectivity index (χ0) is 7.61. The summed E-state index contributed by atoms with van der Waals surface area (Å²) >= 11 is 3.52. The fraction of sp³-hybridized carbons (Fsp3) is 1.00. The number of ether oxygens (including phenoxy) is 1. The standard InChI is InChI=1S/C7H14BrNO/c1-3-7(2)6-10-5-4-9(7)8/h3-6H2,1-2H3. The molecular weight excluding hydrogens is 194 g/mol. The van der Waals surface area contributed by atoms with Crippen LogP contribution in [0.3, 0.4) is 0 Å². The first-order valence-electron chi connectivity index (χ1n) is 3.70. The lowest BCUT2D eigenvalue weighted by Crippen LogP contribution is -2.49. The second-order valence-electron chi connectivity index (χ2n) is 2.99. The Morgan fingerprint density at radius 1 is 1.70 bits per heavy atom. The third-order valence-electron chi connectivity index (χ3n) is 2.19. The van der Waals surface area contributed by atoms with E-state index in [1.807, 2.05) is 0 Å². The average molecular weight is 208 g/mol. The monoisotopic (exact) mass is 207 g/mol.